The van der Waals surface area contributed by atoms with Crippen LogP contribution in [0.15, 0.2) is 9.90 Å². The lowest BCUT2D eigenvalue weighted by Gasteiger charge is -2.01. The molecule has 0 radical (unpaired) electrons. The molecule has 0 saturated carbocycles. The summed E-state index contributed by atoms with van der Waals surface area (Å²) in [6.45, 7) is 1.45. The first-order valence-corrected chi connectivity index (χ1v) is 5.11. The number of aromatic nitrogens is 3. The van der Waals surface area contributed by atoms with Crippen molar-refractivity contribution < 1.29 is 19.8 Å². The lowest BCUT2D eigenvalue weighted by Crippen LogP contribution is -2.19. The number of rotatable bonds is 6. The summed E-state index contributed by atoms with van der Waals surface area (Å²) in [5.41, 5.74) is 1.47. The minimum absolute atomic E-state index is 0.135. The summed E-state index contributed by atoms with van der Waals surface area (Å²) < 4.78 is 0. The number of carboxylic acid groups (broad SMARTS) is 2. The zero-order valence-electron chi connectivity index (χ0n) is 9.88. The molecule has 0 aliphatic heterocycles. The number of hydrogen-bond donors (Lipinski definition) is 4. The number of aromatic amines is 1. The maximum absolute atomic E-state index is 11.2. The minimum atomic E-state index is -1.36. The third kappa shape index (κ3) is 4.53. The molecule has 0 fully saturated rings. The molecule has 0 aromatic carbocycles. The van der Waals surface area contributed by atoms with Gasteiger partial charge in [-0.25, -0.2) is 10.2 Å². The van der Waals surface area contributed by atoms with E-state index in [0.29, 0.717) is 0 Å². The summed E-state index contributed by atoms with van der Waals surface area (Å²) in [6, 6.07) is 0. The maximum Gasteiger partial charge on any atom is 0.352 e. The van der Waals surface area contributed by atoms with Gasteiger partial charge in [-0.2, -0.15) is 5.10 Å². The Morgan fingerprint density at radius 3 is 2.53 bits per heavy atom. The average Bonchev–Trinajstić information content (AvgIpc) is 2.32. The van der Waals surface area contributed by atoms with E-state index in [-0.39, 0.29) is 24.5 Å². The van der Waals surface area contributed by atoms with Crippen LogP contribution < -0.4 is 11.0 Å². The molecule has 0 spiro atoms. The normalized spacial score (nSPS) is 11.1. The highest BCUT2D eigenvalue weighted by Crippen LogP contribution is 1.97. The van der Waals surface area contributed by atoms with E-state index in [9.17, 15) is 14.4 Å². The molecular formula is C9H11N5O5. The lowest BCUT2D eigenvalue weighted by atomic mass is 10.2. The molecule has 1 rings (SSSR count). The van der Waals surface area contributed by atoms with Crippen LogP contribution in [0.4, 0.5) is 5.95 Å². The second-order valence-corrected chi connectivity index (χ2v) is 3.46. The van der Waals surface area contributed by atoms with Crippen molar-refractivity contribution in [3.8, 4) is 0 Å². The second-order valence-electron chi connectivity index (χ2n) is 3.46. The molecule has 1 aromatic rings. The van der Waals surface area contributed by atoms with Crippen molar-refractivity contribution in [3.63, 3.8) is 0 Å². The number of aliphatic carboxylic acids is 2. The van der Waals surface area contributed by atoms with E-state index in [1.165, 1.54) is 6.92 Å². The van der Waals surface area contributed by atoms with E-state index >= 15 is 0 Å². The molecular weight excluding hydrogens is 258 g/mol. The number of hydrogen-bond acceptors (Lipinski definition) is 7. The molecule has 0 amide bonds. The number of hydrazone groups is 1. The van der Waals surface area contributed by atoms with Crippen molar-refractivity contribution in [2.75, 3.05) is 5.43 Å². The van der Waals surface area contributed by atoms with E-state index in [4.69, 9.17) is 10.2 Å². The number of H-pyrrole nitrogens is 1. The van der Waals surface area contributed by atoms with Crippen molar-refractivity contribution in [2.45, 2.75) is 19.8 Å². The van der Waals surface area contributed by atoms with Gasteiger partial charge < -0.3 is 10.2 Å². The van der Waals surface area contributed by atoms with E-state index in [1.807, 2.05) is 0 Å². The Bertz CT molecular complexity index is 579. The van der Waals surface area contributed by atoms with Gasteiger partial charge in [0.05, 0.1) is 6.42 Å². The Hall–Kier alpha value is -2.78. The van der Waals surface area contributed by atoms with Crippen molar-refractivity contribution in [1.29, 1.82) is 0 Å². The lowest BCUT2D eigenvalue weighted by molar-refractivity contribution is -0.136. The molecule has 1 heterocycles. The molecule has 0 atom stereocenters. The SMILES string of the molecule is Cc1nnc(NN=C(CCC(=O)O)C(=O)O)[nH]c1=O. The van der Waals surface area contributed by atoms with Crippen LogP contribution in [-0.2, 0) is 9.59 Å². The Morgan fingerprint density at radius 1 is 1.32 bits per heavy atom. The molecule has 10 heteroatoms. The Balaban J connectivity index is 2.80. The van der Waals surface area contributed by atoms with Crippen molar-refractivity contribution in [3.05, 3.63) is 16.0 Å². The van der Waals surface area contributed by atoms with Gasteiger partial charge in [0.2, 0.25) is 5.95 Å². The molecule has 19 heavy (non-hydrogen) atoms. The van der Waals surface area contributed by atoms with Crippen LogP contribution in [-0.4, -0.2) is 43.0 Å². The summed E-state index contributed by atoms with van der Waals surface area (Å²) in [5, 5.41) is 27.8. The van der Waals surface area contributed by atoms with Crippen LogP contribution in [0.25, 0.3) is 0 Å². The van der Waals surface area contributed by atoms with Gasteiger partial charge in [0.25, 0.3) is 5.56 Å². The van der Waals surface area contributed by atoms with Crippen molar-refractivity contribution in [1.82, 2.24) is 15.2 Å². The molecule has 102 valence electrons. The first kappa shape index (κ1) is 14.3. The Labute approximate surface area is 106 Å². The summed E-state index contributed by atoms with van der Waals surface area (Å²) in [7, 11) is 0. The summed E-state index contributed by atoms with van der Waals surface area (Å²) in [5.74, 6) is -2.64. The first-order valence-electron chi connectivity index (χ1n) is 5.11. The van der Waals surface area contributed by atoms with Gasteiger partial charge in [-0.3, -0.25) is 14.6 Å². The molecule has 0 aliphatic carbocycles. The van der Waals surface area contributed by atoms with Gasteiger partial charge in [-0.05, 0) is 6.92 Å². The zero-order chi connectivity index (χ0) is 14.4. The molecule has 4 N–H and O–H groups in total. The topological polar surface area (TPSA) is 158 Å². The van der Waals surface area contributed by atoms with Gasteiger partial charge in [0.15, 0.2) is 0 Å². The monoisotopic (exact) mass is 269 g/mol. The number of aryl methyl sites for hydroxylation is 1. The molecule has 0 aliphatic rings. The van der Waals surface area contributed by atoms with E-state index < -0.39 is 23.2 Å². The highest BCUT2D eigenvalue weighted by atomic mass is 16.4. The first-order chi connectivity index (χ1) is 8.90. The van der Waals surface area contributed by atoms with Crippen LogP contribution in [0.1, 0.15) is 18.5 Å². The fourth-order valence-electron chi connectivity index (χ4n) is 1.00. The van der Waals surface area contributed by atoms with Gasteiger partial charge in [-0.1, -0.05) is 0 Å². The van der Waals surface area contributed by atoms with Gasteiger partial charge in [-0.15, -0.1) is 10.2 Å². The molecule has 0 unspecified atom stereocenters. The van der Waals surface area contributed by atoms with Crippen LogP contribution >= 0.6 is 0 Å². The third-order valence-electron chi connectivity index (χ3n) is 1.98. The number of nitrogens with one attached hydrogen (secondary N) is 2. The van der Waals surface area contributed by atoms with Gasteiger partial charge in [0, 0.05) is 6.42 Å². The highest BCUT2D eigenvalue weighted by molar-refractivity contribution is 6.35. The fraction of sp³-hybridized carbons (Fsp3) is 0.333. The number of carbonyl (C=O) groups is 2. The van der Waals surface area contributed by atoms with E-state index in [0.717, 1.165) is 0 Å². The van der Waals surface area contributed by atoms with E-state index in [1.54, 1.807) is 0 Å². The summed E-state index contributed by atoms with van der Waals surface area (Å²) >= 11 is 0. The molecule has 0 saturated heterocycles. The van der Waals surface area contributed by atoms with Crippen molar-refractivity contribution >= 4 is 23.6 Å². The van der Waals surface area contributed by atoms with E-state index in [2.05, 4.69) is 25.7 Å². The number of carboxylic acids is 2. The number of anilines is 1. The Kier molecular flexibility index (Phi) is 4.69. The highest BCUT2D eigenvalue weighted by Gasteiger charge is 2.12. The standard InChI is InChI=1S/C9H11N5O5/c1-4-7(17)10-9(13-11-4)14-12-5(8(18)19)2-3-6(15)16/h2-3H2,1H3,(H,15,16)(H,18,19)(H2,10,13,14,17). The smallest absolute Gasteiger partial charge is 0.352 e. The summed E-state index contributed by atoms with van der Waals surface area (Å²) in [6.07, 6.45) is -0.635. The van der Waals surface area contributed by atoms with Crippen LogP contribution in [0.3, 0.4) is 0 Å². The molecule has 0 bridgehead atoms. The quantitative estimate of drug-likeness (QED) is 0.385. The largest absolute Gasteiger partial charge is 0.481 e. The van der Waals surface area contributed by atoms with Gasteiger partial charge in [0.1, 0.15) is 11.4 Å². The zero-order valence-corrected chi connectivity index (χ0v) is 9.88. The van der Waals surface area contributed by atoms with Crippen LogP contribution in [0.5, 0.6) is 0 Å². The number of nitrogens with zero attached hydrogens (tertiary/aromatic N) is 3. The predicted molar refractivity (Wildman–Crippen MR) is 63.0 cm³/mol. The minimum Gasteiger partial charge on any atom is -0.481 e. The maximum atomic E-state index is 11.2. The molecule has 10 nitrogen and oxygen atoms in total. The van der Waals surface area contributed by atoms with Crippen LogP contribution in [0.2, 0.25) is 0 Å². The second kappa shape index (κ2) is 6.23. The fourth-order valence-corrected chi connectivity index (χ4v) is 1.00. The average molecular weight is 269 g/mol. The predicted octanol–water partition coefficient (Wildman–Crippen LogP) is -0.809. The third-order valence-corrected chi connectivity index (χ3v) is 1.98. The van der Waals surface area contributed by atoms with Crippen molar-refractivity contribution in [2.24, 2.45) is 5.10 Å². The molecule has 1 aromatic heterocycles. The van der Waals surface area contributed by atoms with Gasteiger partial charge >= 0.3 is 11.9 Å². The van der Waals surface area contributed by atoms with Crippen LogP contribution in [0, 0.1) is 6.92 Å². The summed E-state index contributed by atoms with van der Waals surface area (Å²) in [4.78, 5) is 34.6. The Morgan fingerprint density at radius 2 is 2.00 bits per heavy atom.